The number of terminal acetylenes is 2. The molecule has 0 saturated carbocycles. The maximum atomic E-state index is 13.2. The van der Waals surface area contributed by atoms with Crippen molar-refractivity contribution >= 4 is 23.4 Å². The molecule has 0 radical (unpaired) electrons. The highest BCUT2D eigenvalue weighted by molar-refractivity contribution is 6.16. The number of aromatic nitrogens is 4. The first-order chi connectivity index (χ1) is 27.0. The van der Waals surface area contributed by atoms with Crippen LogP contribution in [-0.2, 0) is 27.3 Å². The van der Waals surface area contributed by atoms with Crippen molar-refractivity contribution in [1.82, 2.24) is 19.1 Å². The summed E-state index contributed by atoms with van der Waals surface area (Å²) in [6.07, 6.45) is 14.6. The lowest BCUT2D eigenvalue weighted by Gasteiger charge is -2.12. The van der Waals surface area contributed by atoms with E-state index < -0.39 is 11.9 Å². The van der Waals surface area contributed by atoms with E-state index in [1.165, 1.54) is 0 Å². The molecule has 0 aliphatic carbocycles. The van der Waals surface area contributed by atoms with Crippen molar-refractivity contribution in [1.29, 1.82) is 0 Å². The van der Waals surface area contributed by atoms with Crippen LogP contribution in [0.1, 0.15) is 65.7 Å². The topological polar surface area (TPSA) is 122 Å². The second-order valence-electron chi connectivity index (χ2n) is 12.5. The van der Waals surface area contributed by atoms with E-state index in [9.17, 15) is 9.59 Å². The number of carbonyl (C=O) groups is 2. The molecular formula is C44H32N6O5. The monoisotopic (exact) mass is 724 g/mol. The molecule has 6 aromatic rings. The Morgan fingerprint density at radius 2 is 1.04 bits per heavy atom. The third kappa shape index (κ3) is 6.84. The number of carbonyl (C=O) groups excluding carboxylic acids is 2. The van der Waals surface area contributed by atoms with E-state index >= 15 is 0 Å². The van der Waals surface area contributed by atoms with E-state index in [4.69, 9.17) is 37.0 Å². The third-order valence-corrected chi connectivity index (χ3v) is 9.27. The van der Waals surface area contributed by atoms with Crippen molar-refractivity contribution in [2.24, 2.45) is 9.98 Å². The first-order valence-corrected chi connectivity index (χ1v) is 17.5. The number of hydrogen-bond donors (Lipinski definition) is 0. The van der Waals surface area contributed by atoms with Crippen LogP contribution < -0.4 is 0 Å². The summed E-state index contributed by atoms with van der Waals surface area (Å²) in [7, 11) is 0. The van der Waals surface area contributed by atoms with Gasteiger partial charge in [-0.3, -0.25) is 19.1 Å². The molecule has 8 rings (SSSR count). The summed E-state index contributed by atoms with van der Waals surface area (Å²) >= 11 is 0. The van der Waals surface area contributed by atoms with E-state index in [2.05, 4.69) is 21.8 Å². The highest BCUT2D eigenvalue weighted by Crippen LogP contribution is 2.29. The number of esters is 2. The van der Waals surface area contributed by atoms with Gasteiger partial charge in [0.1, 0.15) is 25.9 Å². The molecule has 11 heteroatoms. The summed E-state index contributed by atoms with van der Waals surface area (Å²) < 4.78 is 20.3. The van der Waals surface area contributed by atoms with Gasteiger partial charge >= 0.3 is 11.9 Å². The van der Waals surface area contributed by atoms with Crippen LogP contribution in [0.3, 0.4) is 0 Å². The van der Waals surface area contributed by atoms with E-state index in [0.717, 1.165) is 56.2 Å². The summed E-state index contributed by atoms with van der Waals surface area (Å²) in [5.74, 6) is 4.19. The van der Waals surface area contributed by atoms with Crippen LogP contribution in [0.25, 0.3) is 11.4 Å². The molecule has 0 amide bonds. The Hall–Kier alpha value is -7.34. The number of nitrogens with zero attached hydrogens (tertiary/aromatic N) is 6. The molecule has 4 heterocycles. The fourth-order valence-corrected chi connectivity index (χ4v) is 6.65. The van der Waals surface area contributed by atoms with Gasteiger partial charge in [-0.15, -0.1) is 12.8 Å². The van der Waals surface area contributed by atoms with Crippen LogP contribution in [0.5, 0.6) is 0 Å². The van der Waals surface area contributed by atoms with Crippen LogP contribution >= 0.6 is 0 Å². The molecule has 0 saturated heterocycles. The average molecular weight is 725 g/mol. The third-order valence-electron chi connectivity index (χ3n) is 9.27. The Morgan fingerprint density at radius 3 is 1.45 bits per heavy atom. The molecule has 0 fully saturated rings. The first-order valence-electron chi connectivity index (χ1n) is 17.5. The molecule has 2 aliphatic rings. The highest BCUT2D eigenvalue weighted by atomic mass is 16.6. The summed E-state index contributed by atoms with van der Waals surface area (Å²) in [5.41, 5.74) is 9.64. The largest absolute Gasteiger partial charge is 0.458 e. The van der Waals surface area contributed by atoms with Crippen molar-refractivity contribution in [2.75, 3.05) is 26.4 Å². The van der Waals surface area contributed by atoms with E-state index in [0.29, 0.717) is 11.4 Å². The second kappa shape index (κ2) is 15.3. The zero-order chi connectivity index (χ0) is 37.7. The van der Waals surface area contributed by atoms with Crippen molar-refractivity contribution < 1.29 is 23.8 Å². The van der Waals surface area contributed by atoms with Gasteiger partial charge in [-0.05, 0) is 36.4 Å². The van der Waals surface area contributed by atoms with E-state index in [-0.39, 0.29) is 50.9 Å². The standard InChI is InChI=1S/C44H32N6O5/c1-3-29-15-17-35-33(23-29)39(31-11-7-5-8-12-31)45-25-37-41(47-27-49(35)37)43(51)54-21-19-53-20-22-55-44(52)42-38-26-46-40(32-13-9-6-10-14-32)34-24-30(4-2)16-18-36(34)50(38)28-48-42/h1-2,5-18,23-24,27-28H,19-22,25-26H2. The van der Waals surface area contributed by atoms with Crippen LogP contribution in [0.2, 0.25) is 0 Å². The molecule has 0 atom stereocenters. The first kappa shape index (κ1) is 34.7. The molecule has 2 aromatic heterocycles. The lowest BCUT2D eigenvalue weighted by Crippen LogP contribution is -2.16. The predicted octanol–water partition coefficient (Wildman–Crippen LogP) is 5.75. The summed E-state index contributed by atoms with van der Waals surface area (Å²) in [4.78, 5) is 44.9. The zero-order valence-electron chi connectivity index (χ0n) is 29.5. The SMILES string of the molecule is C#Cc1ccc2c(c1)C(c1ccccc1)=NCc1c(C(=O)OCCOCCOC(=O)c3ncn4c3CN=C(c3ccccc3)c3cc(C#C)ccc3-4)ncn1-2. The number of hydrogen-bond acceptors (Lipinski definition) is 9. The molecule has 11 nitrogen and oxygen atoms in total. The Morgan fingerprint density at radius 1 is 0.600 bits per heavy atom. The van der Waals surface area contributed by atoms with Crippen molar-refractivity contribution in [3.05, 3.63) is 166 Å². The Balaban J connectivity index is 0.875. The number of rotatable bonds is 10. The minimum atomic E-state index is -0.598. The van der Waals surface area contributed by atoms with Gasteiger partial charge in [0.05, 0.1) is 60.5 Å². The van der Waals surface area contributed by atoms with Gasteiger partial charge in [0, 0.05) is 33.4 Å². The van der Waals surface area contributed by atoms with Crippen LogP contribution in [0, 0.1) is 24.7 Å². The zero-order valence-corrected chi connectivity index (χ0v) is 29.5. The average Bonchev–Trinajstić information content (AvgIpc) is 3.77. The smallest absolute Gasteiger partial charge is 0.358 e. The quantitative estimate of drug-likeness (QED) is 0.100. The number of fused-ring (bicyclic) bond motifs is 6. The number of imidazole rings is 2. The highest BCUT2D eigenvalue weighted by Gasteiger charge is 2.27. The van der Waals surface area contributed by atoms with Gasteiger partial charge in [-0.2, -0.15) is 0 Å². The van der Waals surface area contributed by atoms with Crippen molar-refractivity contribution in [3.8, 4) is 36.1 Å². The van der Waals surface area contributed by atoms with Gasteiger partial charge in [0.15, 0.2) is 11.4 Å². The summed E-state index contributed by atoms with van der Waals surface area (Å²) in [6.45, 7) is 0.515. The Kier molecular flexibility index (Phi) is 9.68. The van der Waals surface area contributed by atoms with Gasteiger partial charge in [-0.25, -0.2) is 19.6 Å². The second-order valence-corrected chi connectivity index (χ2v) is 12.5. The van der Waals surface area contributed by atoms with Gasteiger partial charge < -0.3 is 14.2 Å². The summed E-state index contributed by atoms with van der Waals surface area (Å²) in [5, 5.41) is 0. The predicted molar refractivity (Wildman–Crippen MR) is 206 cm³/mol. The number of benzene rings is 4. The Labute approximate surface area is 317 Å². The Bertz CT molecular complexity index is 2410. The maximum Gasteiger partial charge on any atom is 0.358 e. The number of ether oxygens (including phenoxy) is 3. The van der Waals surface area contributed by atoms with Crippen LogP contribution in [0.15, 0.2) is 120 Å². The molecule has 0 spiro atoms. The van der Waals surface area contributed by atoms with Gasteiger partial charge in [0.25, 0.3) is 0 Å². The van der Waals surface area contributed by atoms with Crippen molar-refractivity contribution in [2.45, 2.75) is 13.1 Å². The molecule has 0 bridgehead atoms. The molecule has 268 valence electrons. The van der Waals surface area contributed by atoms with Crippen LogP contribution in [-0.4, -0.2) is 68.9 Å². The van der Waals surface area contributed by atoms with Gasteiger partial charge in [0.2, 0.25) is 0 Å². The molecule has 2 aliphatic heterocycles. The molecule has 4 aromatic carbocycles. The normalized spacial score (nSPS) is 12.5. The van der Waals surface area contributed by atoms with E-state index in [1.54, 1.807) is 12.7 Å². The fraction of sp³-hybridized carbons (Fsp3) is 0.136. The lowest BCUT2D eigenvalue weighted by molar-refractivity contribution is 0.0145. The minimum Gasteiger partial charge on any atom is -0.458 e. The summed E-state index contributed by atoms with van der Waals surface area (Å²) in [6, 6.07) is 31.0. The van der Waals surface area contributed by atoms with E-state index in [1.807, 2.05) is 106 Å². The van der Waals surface area contributed by atoms with Crippen LogP contribution in [0.4, 0.5) is 0 Å². The lowest BCUT2D eigenvalue weighted by atomic mass is 9.98. The molecule has 0 N–H and O–H groups in total. The fourth-order valence-electron chi connectivity index (χ4n) is 6.65. The molecule has 0 unspecified atom stereocenters. The van der Waals surface area contributed by atoms with Crippen molar-refractivity contribution in [3.63, 3.8) is 0 Å². The van der Waals surface area contributed by atoms with Gasteiger partial charge in [-0.1, -0.05) is 72.5 Å². The molecule has 55 heavy (non-hydrogen) atoms. The maximum absolute atomic E-state index is 13.2. The molecular weight excluding hydrogens is 693 g/mol. The number of aliphatic imine (C=N–C) groups is 2. The minimum absolute atomic E-state index is 0.0309.